The number of fused-ring (bicyclic) bond motifs is 2. The summed E-state index contributed by atoms with van der Waals surface area (Å²) in [6.07, 6.45) is 9.09. The van der Waals surface area contributed by atoms with Crippen LogP contribution in [0.2, 0.25) is 0 Å². The highest BCUT2D eigenvalue weighted by atomic mass is 15.2. The molecular formula is C32H33N7. The van der Waals surface area contributed by atoms with E-state index in [1.807, 2.05) is 73.9 Å². The van der Waals surface area contributed by atoms with Crippen LogP contribution < -0.4 is 16.0 Å². The number of aromatic amines is 2. The van der Waals surface area contributed by atoms with Gasteiger partial charge in [0.25, 0.3) is 0 Å². The molecule has 5 N–H and O–H groups in total. The van der Waals surface area contributed by atoms with Crippen molar-refractivity contribution in [2.24, 2.45) is 9.98 Å². The van der Waals surface area contributed by atoms with Crippen LogP contribution in [0.15, 0.2) is 108 Å². The van der Waals surface area contributed by atoms with Crippen molar-refractivity contribution in [2.75, 3.05) is 16.0 Å². The molecule has 7 nitrogen and oxygen atoms in total. The van der Waals surface area contributed by atoms with E-state index < -0.39 is 0 Å². The first-order chi connectivity index (χ1) is 19.0. The van der Waals surface area contributed by atoms with Gasteiger partial charge in [0.15, 0.2) is 0 Å². The van der Waals surface area contributed by atoms with Crippen molar-refractivity contribution in [2.45, 2.75) is 27.2 Å². The summed E-state index contributed by atoms with van der Waals surface area (Å²) < 4.78 is 0. The van der Waals surface area contributed by atoms with Gasteiger partial charge in [-0.25, -0.2) is 0 Å². The van der Waals surface area contributed by atoms with E-state index in [1.165, 1.54) is 5.56 Å². The molecule has 5 rings (SSSR count). The van der Waals surface area contributed by atoms with Gasteiger partial charge < -0.3 is 25.9 Å². The summed E-state index contributed by atoms with van der Waals surface area (Å²) in [6, 6.07) is 22.4. The van der Waals surface area contributed by atoms with E-state index in [9.17, 15) is 0 Å². The van der Waals surface area contributed by atoms with Crippen molar-refractivity contribution in [1.29, 1.82) is 0 Å². The highest BCUT2D eigenvalue weighted by Gasteiger charge is 2.09. The summed E-state index contributed by atoms with van der Waals surface area (Å²) in [5.41, 5.74) is 7.12. The number of benzene rings is 3. The standard InChI is InChI=1S/C32H33N7/c1-5-6-12-25-21(2)10-7-14-28(25)35-22(3)37-32(39-29-15-9-13-27-26(29)18-20-33-27)38-23(4)36-30-16-8-11-24-17-19-34-31(24)30/h6-20,33-35H,3,5H2,1-2,4H3,(H2,36,37,38,39)/b12-6-. The van der Waals surface area contributed by atoms with E-state index in [0.29, 0.717) is 17.6 Å². The number of amidine groups is 1. The van der Waals surface area contributed by atoms with Crippen LogP contribution in [-0.4, -0.2) is 21.8 Å². The highest BCUT2D eigenvalue weighted by molar-refractivity contribution is 6.11. The van der Waals surface area contributed by atoms with Crippen LogP contribution in [0.3, 0.4) is 0 Å². The summed E-state index contributed by atoms with van der Waals surface area (Å²) in [5, 5.41) is 12.4. The fraction of sp³-hybridized carbons (Fsp3) is 0.125. The summed E-state index contributed by atoms with van der Waals surface area (Å²) in [6.45, 7) is 10.3. The Morgan fingerprint density at radius 1 is 0.846 bits per heavy atom. The number of aliphatic imine (C=N–C) groups is 2. The van der Waals surface area contributed by atoms with Gasteiger partial charge in [0.1, 0.15) is 11.7 Å². The second-order valence-corrected chi connectivity index (χ2v) is 9.29. The minimum absolute atomic E-state index is 0.406. The lowest BCUT2D eigenvalue weighted by molar-refractivity contribution is 1.23. The molecule has 0 saturated heterocycles. The Bertz CT molecular complexity index is 1720. The third kappa shape index (κ3) is 5.93. The minimum Gasteiger partial charge on any atom is -0.361 e. The predicted octanol–water partition coefficient (Wildman–Crippen LogP) is 8.26. The van der Waals surface area contributed by atoms with Crippen LogP contribution in [0.5, 0.6) is 0 Å². The van der Waals surface area contributed by atoms with E-state index in [1.54, 1.807) is 0 Å². The summed E-state index contributed by atoms with van der Waals surface area (Å²) in [5.74, 6) is 1.56. The maximum Gasteiger partial charge on any atom is 0.230 e. The Morgan fingerprint density at radius 2 is 1.62 bits per heavy atom. The average molecular weight is 516 g/mol. The van der Waals surface area contributed by atoms with Gasteiger partial charge in [-0.3, -0.25) is 0 Å². The van der Waals surface area contributed by atoms with E-state index in [0.717, 1.165) is 50.9 Å². The third-order valence-corrected chi connectivity index (χ3v) is 6.38. The Balaban J connectivity index is 1.47. The molecule has 0 spiro atoms. The SMILES string of the molecule is C=C(/N=C(\N=C(/C)Nc1cccc2cc[nH]c12)Nc1cccc2[nH]ccc12)Nc1cccc(C)c1/C=C\CC. The molecule has 2 heterocycles. The number of para-hydroxylation sites is 1. The Kier molecular flexibility index (Phi) is 7.59. The van der Waals surface area contributed by atoms with Crippen LogP contribution in [0.25, 0.3) is 27.9 Å². The summed E-state index contributed by atoms with van der Waals surface area (Å²) in [4.78, 5) is 16.1. The number of hydrogen-bond donors (Lipinski definition) is 5. The predicted molar refractivity (Wildman–Crippen MR) is 168 cm³/mol. The topological polar surface area (TPSA) is 92.4 Å². The first-order valence-electron chi connectivity index (χ1n) is 13.0. The van der Waals surface area contributed by atoms with Crippen LogP contribution in [-0.2, 0) is 0 Å². The lowest BCUT2D eigenvalue weighted by Crippen LogP contribution is -2.17. The monoisotopic (exact) mass is 515 g/mol. The van der Waals surface area contributed by atoms with Gasteiger partial charge >= 0.3 is 0 Å². The molecule has 2 aromatic heterocycles. The fourth-order valence-corrected chi connectivity index (χ4v) is 4.52. The maximum absolute atomic E-state index is 4.83. The van der Waals surface area contributed by atoms with E-state index in [4.69, 9.17) is 9.98 Å². The number of guanidine groups is 1. The Morgan fingerprint density at radius 3 is 2.49 bits per heavy atom. The van der Waals surface area contributed by atoms with Crippen molar-refractivity contribution in [3.05, 3.63) is 109 Å². The van der Waals surface area contributed by atoms with E-state index >= 15 is 0 Å². The van der Waals surface area contributed by atoms with Gasteiger partial charge in [-0.1, -0.05) is 56.0 Å². The molecule has 5 aromatic rings. The van der Waals surface area contributed by atoms with Crippen molar-refractivity contribution in [3.8, 4) is 0 Å². The number of nitrogens with zero attached hydrogens (tertiary/aromatic N) is 2. The quantitative estimate of drug-likeness (QED) is 0.112. The largest absolute Gasteiger partial charge is 0.361 e. The second-order valence-electron chi connectivity index (χ2n) is 9.29. The second kappa shape index (κ2) is 11.6. The first kappa shape index (κ1) is 25.6. The number of nitrogens with one attached hydrogen (secondary N) is 5. The molecule has 7 heteroatoms. The van der Waals surface area contributed by atoms with Gasteiger partial charge in [-0.2, -0.15) is 9.98 Å². The molecule has 3 aromatic carbocycles. The van der Waals surface area contributed by atoms with E-state index in [2.05, 4.69) is 70.6 Å². The van der Waals surface area contributed by atoms with Crippen molar-refractivity contribution < 1.29 is 0 Å². The lowest BCUT2D eigenvalue weighted by Gasteiger charge is -2.14. The number of rotatable bonds is 7. The number of aromatic nitrogens is 2. The highest BCUT2D eigenvalue weighted by Crippen LogP contribution is 2.25. The van der Waals surface area contributed by atoms with E-state index in [-0.39, 0.29) is 0 Å². The number of H-pyrrole nitrogens is 2. The van der Waals surface area contributed by atoms with Crippen LogP contribution >= 0.6 is 0 Å². The smallest absolute Gasteiger partial charge is 0.230 e. The van der Waals surface area contributed by atoms with Gasteiger partial charge in [0.05, 0.1) is 16.9 Å². The third-order valence-electron chi connectivity index (χ3n) is 6.38. The van der Waals surface area contributed by atoms with Gasteiger partial charge in [0.2, 0.25) is 5.96 Å². The molecule has 0 amide bonds. The van der Waals surface area contributed by atoms with Gasteiger partial charge in [0, 0.05) is 39.9 Å². The zero-order valence-electron chi connectivity index (χ0n) is 22.5. The molecule has 39 heavy (non-hydrogen) atoms. The van der Waals surface area contributed by atoms with Crippen LogP contribution in [0, 0.1) is 6.92 Å². The Hall–Kier alpha value is -5.04. The van der Waals surface area contributed by atoms with Crippen LogP contribution in [0.4, 0.5) is 17.1 Å². The van der Waals surface area contributed by atoms with Gasteiger partial charge in [-0.15, -0.1) is 0 Å². The van der Waals surface area contributed by atoms with Crippen molar-refractivity contribution in [3.63, 3.8) is 0 Å². The molecule has 0 bridgehead atoms. The molecule has 0 radical (unpaired) electrons. The number of anilines is 3. The zero-order chi connectivity index (χ0) is 27.2. The van der Waals surface area contributed by atoms with Crippen molar-refractivity contribution >= 4 is 56.7 Å². The molecule has 0 fully saturated rings. The number of allylic oxidation sites excluding steroid dienone is 1. The molecule has 0 aliphatic carbocycles. The molecule has 0 aliphatic rings. The maximum atomic E-state index is 4.83. The molecule has 0 aliphatic heterocycles. The first-order valence-corrected chi connectivity index (χ1v) is 13.0. The molecule has 196 valence electrons. The van der Waals surface area contributed by atoms with Crippen molar-refractivity contribution in [1.82, 2.24) is 9.97 Å². The zero-order valence-corrected chi connectivity index (χ0v) is 22.5. The number of aryl methyl sites for hydroxylation is 1. The average Bonchev–Trinajstić information content (AvgIpc) is 3.59. The fourth-order valence-electron chi connectivity index (χ4n) is 4.52. The lowest BCUT2D eigenvalue weighted by atomic mass is 10.1. The Labute approximate surface area is 228 Å². The molecular weight excluding hydrogens is 482 g/mol. The molecule has 0 atom stereocenters. The minimum atomic E-state index is 0.406. The normalized spacial score (nSPS) is 12.4. The van der Waals surface area contributed by atoms with Gasteiger partial charge in [-0.05, 0) is 62.2 Å². The number of hydrogen-bond acceptors (Lipinski definition) is 2. The van der Waals surface area contributed by atoms with Crippen LogP contribution in [0.1, 0.15) is 31.4 Å². The molecule has 0 saturated carbocycles. The summed E-state index contributed by atoms with van der Waals surface area (Å²) >= 11 is 0. The molecule has 0 unspecified atom stereocenters. The summed E-state index contributed by atoms with van der Waals surface area (Å²) in [7, 11) is 0.